The molecule has 0 fully saturated rings. The van der Waals surface area contributed by atoms with Gasteiger partial charge in [0.1, 0.15) is 18.5 Å². The van der Waals surface area contributed by atoms with Crippen LogP contribution in [0.1, 0.15) is 33.3 Å². The van der Waals surface area contributed by atoms with Gasteiger partial charge in [0.25, 0.3) is 0 Å². The molecule has 22 heavy (non-hydrogen) atoms. The zero-order chi connectivity index (χ0) is 15.8. The Labute approximate surface area is 141 Å². The molecule has 0 aromatic heterocycles. The first-order valence-corrected chi connectivity index (χ1v) is 7.71. The van der Waals surface area contributed by atoms with Gasteiger partial charge >= 0.3 is 0 Å². The van der Waals surface area contributed by atoms with E-state index >= 15 is 0 Å². The summed E-state index contributed by atoms with van der Waals surface area (Å²) in [7, 11) is 0. The van der Waals surface area contributed by atoms with Crippen molar-refractivity contribution in [3.05, 3.63) is 42.5 Å². The highest BCUT2D eigenvalue weighted by Crippen LogP contribution is 2.19. The second-order valence-corrected chi connectivity index (χ2v) is 5.95. The number of allylic oxidation sites excluding steroid dienone is 1. The summed E-state index contributed by atoms with van der Waals surface area (Å²) < 4.78 is 5.79. The second kappa shape index (κ2) is 10.7. The third kappa shape index (κ3) is 6.82. The SMILES string of the molecule is C=CCc1ccccc1OCC(O)CN(C(C)C)C(C)C.[Cl-]. The van der Waals surface area contributed by atoms with Crippen LogP contribution in [0.15, 0.2) is 36.9 Å². The molecular formula is C18H29ClNO2-. The molecular weight excluding hydrogens is 298 g/mol. The van der Waals surface area contributed by atoms with Crippen molar-refractivity contribution >= 4 is 0 Å². The number of halogens is 1. The molecule has 0 amide bonds. The molecule has 126 valence electrons. The largest absolute Gasteiger partial charge is 1.00 e. The highest BCUT2D eigenvalue weighted by molar-refractivity contribution is 5.34. The maximum absolute atomic E-state index is 10.2. The Bertz CT molecular complexity index is 427. The molecule has 0 aliphatic carbocycles. The first kappa shape index (κ1) is 21.0. The predicted molar refractivity (Wildman–Crippen MR) is 88.8 cm³/mol. The molecule has 1 unspecified atom stereocenters. The van der Waals surface area contributed by atoms with Gasteiger partial charge in [-0.25, -0.2) is 0 Å². The minimum absolute atomic E-state index is 0. The average molecular weight is 327 g/mol. The molecule has 0 radical (unpaired) electrons. The van der Waals surface area contributed by atoms with Crippen LogP contribution in [0, 0.1) is 0 Å². The van der Waals surface area contributed by atoms with Crippen molar-refractivity contribution in [3.8, 4) is 5.75 Å². The van der Waals surface area contributed by atoms with Crippen LogP contribution in [0.2, 0.25) is 0 Å². The average Bonchev–Trinajstić information content (AvgIpc) is 2.43. The van der Waals surface area contributed by atoms with E-state index in [1.165, 1.54) is 0 Å². The van der Waals surface area contributed by atoms with E-state index in [9.17, 15) is 5.11 Å². The van der Waals surface area contributed by atoms with Gasteiger partial charge in [0.05, 0.1) is 0 Å². The fourth-order valence-electron chi connectivity index (χ4n) is 2.47. The van der Waals surface area contributed by atoms with E-state index in [0.29, 0.717) is 25.2 Å². The van der Waals surface area contributed by atoms with Crippen molar-refractivity contribution in [3.63, 3.8) is 0 Å². The van der Waals surface area contributed by atoms with Crippen LogP contribution < -0.4 is 17.1 Å². The maximum atomic E-state index is 10.2. The van der Waals surface area contributed by atoms with Gasteiger partial charge in [-0.2, -0.15) is 0 Å². The van der Waals surface area contributed by atoms with Crippen LogP contribution in [-0.4, -0.2) is 41.3 Å². The summed E-state index contributed by atoms with van der Waals surface area (Å²) in [6, 6.07) is 8.72. The van der Waals surface area contributed by atoms with E-state index in [1.54, 1.807) is 0 Å². The number of nitrogens with zero attached hydrogens (tertiary/aromatic N) is 1. The zero-order valence-electron chi connectivity index (χ0n) is 14.1. The molecule has 0 heterocycles. The van der Waals surface area contributed by atoms with Crippen molar-refractivity contribution in [2.45, 2.75) is 52.3 Å². The molecule has 0 aliphatic heterocycles. The van der Waals surface area contributed by atoms with Crippen molar-refractivity contribution in [2.75, 3.05) is 13.2 Å². The van der Waals surface area contributed by atoms with Crippen LogP contribution in [0.5, 0.6) is 5.75 Å². The Morgan fingerprint density at radius 1 is 1.18 bits per heavy atom. The topological polar surface area (TPSA) is 32.7 Å². The lowest BCUT2D eigenvalue weighted by Gasteiger charge is -2.32. The summed E-state index contributed by atoms with van der Waals surface area (Å²) in [4.78, 5) is 2.27. The molecule has 1 aromatic rings. The third-order valence-corrected chi connectivity index (χ3v) is 3.52. The van der Waals surface area contributed by atoms with Crippen LogP contribution in [0.25, 0.3) is 0 Å². The highest BCUT2D eigenvalue weighted by Gasteiger charge is 2.18. The van der Waals surface area contributed by atoms with E-state index < -0.39 is 6.10 Å². The summed E-state index contributed by atoms with van der Waals surface area (Å²) in [5.41, 5.74) is 1.10. The third-order valence-electron chi connectivity index (χ3n) is 3.52. The van der Waals surface area contributed by atoms with E-state index in [4.69, 9.17) is 4.74 Å². The molecule has 1 rings (SSSR count). The predicted octanol–water partition coefficient (Wildman–Crippen LogP) is 0.278. The first-order chi connectivity index (χ1) is 9.95. The quantitative estimate of drug-likeness (QED) is 0.662. The fraction of sp³-hybridized carbons (Fsp3) is 0.556. The highest BCUT2D eigenvalue weighted by atomic mass is 35.5. The fourth-order valence-corrected chi connectivity index (χ4v) is 2.47. The lowest BCUT2D eigenvalue weighted by Crippen LogP contribution is -3.00. The lowest BCUT2D eigenvalue weighted by atomic mass is 10.1. The smallest absolute Gasteiger partial charge is 0.122 e. The van der Waals surface area contributed by atoms with Gasteiger partial charge in [0.15, 0.2) is 0 Å². The van der Waals surface area contributed by atoms with Crippen molar-refractivity contribution < 1.29 is 22.3 Å². The Morgan fingerprint density at radius 2 is 1.77 bits per heavy atom. The maximum Gasteiger partial charge on any atom is 0.122 e. The van der Waals surface area contributed by atoms with Gasteiger partial charge in [-0.05, 0) is 45.7 Å². The number of aliphatic hydroxyl groups excluding tert-OH is 1. The molecule has 0 saturated heterocycles. The number of rotatable bonds is 9. The molecule has 1 atom stereocenters. The number of hydrogen-bond donors (Lipinski definition) is 1. The molecule has 0 bridgehead atoms. The van der Waals surface area contributed by atoms with Crippen molar-refractivity contribution in [1.29, 1.82) is 0 Å². The molecule has 0 aliphatic rings. The molecule has 0 saturated carbocycles. The summed E-state index contributed by atoms with van der Waals surface area (Å²) in [6.07, 6.45) is 2.14. The Hall–Kier alpha value is -1.03. The Morgan fingerprint density at radius 3 is 2.32 bits per heavy atom. The van der Waals surface area contributed by atoms with Crippen LogP contribution in [-0.2, 0) is 6.42 Å². The van der Waals surface area contributed by atoms with Crippen molar-refractivity contribution in [1.82, 2.24) is 4.90 Å². The van der Waals surface area contributed by atoms with Gasteiger partial charge in [-0.1, -0.05) is 24.3 Å². The summed E-state index contributed by atoms with van der Waals surface area (Å²) in [5, 5.41) is 10.2. The zero-order valence-corrected chi connectivity index (χ0v) is 14.9. The van der Waals surface area contributed by atoms with E-state index in [1.807, 2.05) is 30.3 Å². The lowest BCUT2D eigenvalue weighted by molar-refractivity contribution is -0.00000648. The van der Waals surface area contributed by atoms with Crippen LogP contribution in [0.3, 0.4) is 0 Å². The minimum atomic E-state index is -0.494. The number of hydrogen-bond acceptors (Lipinski definition) is 3. The Balaban J connectivity index is 0.00000441. The molecule has 3 nitrogen and oxygen atoms in total. The standard InChI is InChI=1S/C18H29NO2.ClH/c1-6-9-16-10-7-8-11-18(16)21-13-17(20)12-19(14(2)3)15(4)5;/h6-8,10-11,14-15,17,20H,1,9,12-13H2,2-5H3;1H/p-1. The van der Waals surface area contributed by atoms with Crippen LogP contribution in [0.4, 0.5) is 0 Å². The molecule has 4 heteroatoms. The number of aliphatic hydroxyl groups is 1. The van der Waals surface area contributed by atoms with Crippen LogP contribution >= 0.6 is 0 Å². The van der Waals surface area contributed by atoms with Gasteiger partial charge in [0.2, 0.25) is 0 Å². The number of ether oxygens (including phenoxy) is 1. The van der Waals surface area contributed by atoms with Crippen molar-refractivity contribution in [2.24, 2.45) is 0 Å². The van der Waals surface area contributed by atoms with Gasteiger partial charge < -0.3 is 22.3 Å². The molecule has 1 N–H and O–H groups in total. The van der Waals surface area contributed by atoms with Gasteiger partial charge in [0, 0.05) is 18.6 Å². The Kier molecular flexibility index (Phi) is 10.2. The normalized spacial score (nSPS) is 12.4. The first-order valence-electron chi connectivity index (χ1n) is 7.71. The number of para-hydroxylation sites is 1. The van der Waals surface area contributed by atoms with E-state index in [2.05, 4.69) is 39.2 Å². The monoisotopic (exact) mass is 326 g/mol. The summed E-state index contributed by atoms with van der Waals surface area (Å²) in [6.45, 7) is 13.3. The van der Waals surface area contributed by atoms with E-state index in [0.717, 1.165) is 17.7 Å². The second-order valence-electron chi connectivity index (χ2n) is 5.95. The molecule has 1 aromatic carbocycles. The van der Waals surface area contributed by atoms with Gasteiger partial charge in [-0.15, -0.1) is 6.58 Å². The summed E-state index contributed by atoms with van der Waals surface area (Å²) >= 11 is 0. The number of benzene rings is 1. The molecule has 0 spiro atoms. The van der Waals surface area contributed by atoms with E-state index in [-0.39, 0.29) is 12.4 Å². The minimum Gasteiger partial charge on any atom is -1.00 e. The summed E-state index contributed by atoms with van der Waals surface area (Å²) in [5.74, 6) is 0.831. The van der Waals surface area contributed by atoms with Gasteiger partial charge in [-0.3, -0.25) is 4.90 Å².